The number of halogens is 1. The maximum absolute atomic E-state index is 6.18. The molecule has 0 heterocycles. The summed E-state index contributed by atoms with van der Waals surface area (Å²) in [5.41, 5.74) is 6.99. The summed E-state index contributed by atoms with van der Waals surface area (Å²) in [6, 6.07) is 7.99. The zero-order chi connectivity index (χ0) is 12.0. The lowest BCUT2D eigenvalue weighted by Gasteiger charge is -2.18. The van der Waals surface area contributed by atoms with Crippen LogP contribution in [-0.2, 0) is 0 Å². The molecule has 2 unspecified atom stereocenters. The van der Waals surface area contributed by atoms with Crippen LogP contribution in [0.5, 0.6) is 0 Å². The smallest absolute Gasteiger partial charge is 0.0449 e. The minimum absolute atomic E-state index is 0.322. The molecule has 0 saturated heterocycles. The number of rotatable bonds is 6. The molecule has 0 aliphatic heterocycles. The van der Waals surface area contributed by atoms with Crippen LogP contribution in [0.3, 0.4) is 0 Å². The first-order chi connectivity index (χ1) is 7.69. The number of thioether (sulfide) groups is 1. The molecular weight excluding hydrogens is 238 g/mol. The molecule has 0 amide bonds. The van der Waals surface area contributed by atoms with Crippen LogP contribution >= 0.6 is 23.4 Å². The minimum atomic E-state index is 0.322. The molecule has 0 radical (unpaired) electrons. The molecule has 1 aromatic rings. The molecule has 2 N–H and O–H groups in total. The lowest BCUT2D eigenvalue weighted by molar-refractivity contribution is 0.635. The van der Waals surface area contributed by atoms with Crippen molar-refractivity contribution < 1.29 is 0 Å². The molecule has 1 aromatic carbocycles. The van der Waals surface area contributed by atoms with Gasteiger partial charge in [0.15, 0.2) is 0 Å². The Morgan fingerprint density at radius 2 is 2.06 bits per heavy atom. The van der Waals surface area contributed by atoms with Gasteiger partial charge in [0.05, 0.1) is 0 Å². The largest absolute Gasteiger partial charge is 0.329 e. The van der Waals surface area contributed by atoms with E-state index in [4.69, 9.17) is 17.3 Å². The number of nitrogens with two attached hydrogens (primary N) is 1. The lowest BCUT2D eigenvalue weighted by Crippen LogP contribution is -2.11. The Balaban J connectivity index is 2.64. The third-order valence-electron chi connectivity index (χ3n) is 2.75. The molecule has 3 heteroatoms. The van der Waals surface area contributed by atoms with Crippen molar-refractivity contribution in [1.82, 2.24) is 0 Å². The molecule has 16 heavy (non-hydrogen) atoms. The Labute approximate surface area is 108 Å². The Hall–Kier alpha value is -0.180. The van der Waals surface area contributed by atoms with Crippen molar-refractivity contribution in [2.24, 2.45) is 11.7 Å². The van der Waals surface area contributed by atoms with E-state index < -0.39 is 0 Å². The van der Waals surface area contributed by atoms with Crippen LogP contribution in [-0.4, -0.2) is 12.3 Å². The summed E-state index contributed by atoms with van der Waals surface area (Å²) >= 11 is 8.09. The van der Waals surface area contributed by atoms with E-state index in [0.717, 1.165) is 16.7 Å². The third kappa shape index (κ3) is 4.00. The summed E-state index contributed by atoms with van der Waals surface area (Å²) in [5, 5.41) is 1.15. The van der Waals surface area contributed by atoms with E-state index in [-0.39, 0.29) is 0 Å². The lowest BCUT2D eigenvalue weighted by atomic mass is 10.1. The Morgan fingerprint density at radius 3 is 2.62 bits per heavy atom. The summed E-state index contributed by atoms with van der Waals surface area (Å²) in [7, 11) is 0. The van der Waals surface area contributed by atoms with Crippen molar-refractivity contribution in [1.29, 1.82) is 0 Å². The van der Waals surface area contributed by atoms with Gasteiger partial charge in [-0.25, -0.2) is 0 Å². The fraction of sp³-hybridized carbons (Fsp3) is 0.538. The highest BCUT2D eigenvalue weighted by molar-refractivity contribution is 7.99. The second kappa shape index (κ2) is 7.21. The molecule has 0 spiro atoms. The van der Waals surface area contributed by atoms with Crippen LogP contribution in [0.4, 0.5) is 0 Å². The first-order valence-electron chi connectivity index (χ1n) is 5.75. The van der Waals surface area contributed by atoms with Gasteiger partial charge in [0.25, 0.3) is 0 Å². The molecule has 0 aromatic heterocycles. The highest BCUT2D eigenvalue weighted by atomic mass is 35.5. The normalized spacial score (nSPS) is 14.8. The fourth-order valence-corrected chi connectivity index (χ4v) is 3.07. The van der Waals surface area contributed by atoms with Gasteiger partial charge in [0.1, 0.15) is 0 Å². The molecule has 0 bridgehead atoms. The highest BCUT2D eigenvalue weighted by Gasteiger charge is 2.14. The molecule has 2 atom stereocenters. The average molecular weight is 258 g/mol. The van der Waals surface area contributed by atoms with E-state index in [9.17, 15) is 0 Å². The predicted molar refractivity (Wildman–Crippen MR) is 75.2 cm³/mol. The van der Waals surface area contributed by atoms with Crippen LogP contribution in [0.1, 0.15) is 31.1 Å². The first kappa shape index (κ1) is 13.9. The second-order valence-corrected chi connectivity index (χ2v) is 5.74. The maximum atomic E-state index is 6.18. The van der Waals surface area contributed by atoms with Crippen LogP contribution in [0.25, 0.3) is 0 Å². The average Bonchev–Trinajstić information content (AvgIpc) is 2.31. The number of benzene rings is 1. The third-order valence-corrected chi connectivity index (χ3v) is 4.70. The highest BCUT2D eigenvalue weighted by Crippen LogP contribution is 2.33. The van der Waals surface area contributed by atoms with Gasteiger partial charge in [0, 0.05) is 16.8 Å². The standard InChI is InChI=1S/C13H20ClNS/c1-3-10(2)9-16-13(8-15)11-6-4-5-7-12(11)14/h4-7,10,13H,3,8-9,15H2,1-2H3. The number of hydrogen-bond acceptors (Lipinski definition) is 2. The van der Waals surface area contributed by atoms with Crippen molar-refractivity contribution in [3.63, 3.8) is 0 Å². The first-order valence-corrected chi connectivity index (χ1v) is 7.17. The van der Waals surface area contributed by atoms with Gasteiger partial charge in [0.2, 0.25) is 0 Å². The molecule has 0 saturated carbocycles. The van der Waals surface area contributed by atoms with Crippen molar-refractivity contribution in [3.05, 3.63) is 34.9 Å². The fourth-order valence-electron chi connectivity index (χ4n) is 1.42. The van der Waals surface area contributed by atoms with E-state index in [2.05, 4.69) is 19.9 Å². The van der Waals surface area contributed by atoms with Crippen molar-refractivity contribution in [2.45, 2.75) is 25.5 Å². The molecule has 1 nitrogen and oxygen atoms in total. The van der Waals surface area contributed by atoms with Crippen LogP contribution in [0, 0.1) is 5.92 Å². The van der Waals surface area contributed by atoms with Crippen LogP contribution in [0.15, 0.2) is 24.3 Å². The molecule has 0 aliphatic rings. The topological polar surface area (TPSA) is 26.0 Å². The second-order valence-electron chi connectivity index (χ2n) is 4.09. The van der Waals surface area contributed by atoms with E-state index in [0.29, 0.717) is 11.8 Å². The van der Waals surface area contributed by atoms with Crippen LogP contribution < -0.4 is 5.73 Å². The molecule has 0 fully saturated rings. The summed E-state index contributed by atoms with van der Waals surface area (Å²) in [5.74, 6) is 1.88. The van der Waals surface area contributed by atoms with Gasteiger partial charge in [-0.05, 0) is 23.3 Å². The van der Waals surface area contributed by atoms with E-state index in [1.807, 2.05) is 30.0 Å². The van der Waals surface area contributed by atoms with Gasteiger partial charge in [-0.15, -0.1) is 0 Å². The molecule has 90 valence electrons. The Kier molecular flexibility index (Phi) is 6.25. The van der Waals surface area contributed by atoms with Crippen LogP contribution in [0.2, 0.25) is 5.02 Å². The Morgan fingerprint density at radius 1 is 1.38 bits per heavy atom. The van der Waals surface area contributed by atoms with Gasteiger partial charge in [-0.1, -0.05) is 50.1 Å². The summed E-state index contributed by atoms with van der Waals surface area (Å²) in [6.07, 6.45) is 1.22. The summed E-state index contributed by atoms with van der Waals surface area (Å²) in [6.45, 7) is 5.14. The van der Waals surface area contributed by atoms with E-state index in [1.165, 1.54) is 12.0 Å². The van der Waals surface area contributed by atoms with Gasteiger partial charge in [-0.3, -0.25) is 0 Å². The zero-order valence-corrected chi connectivity index (χ0v) is 11.5. The number of hydrogen-bond donors (Lipinski definition) is 1. The Bertz CT molecular complexity index is 317. The van der Waals surface area contributed by atoms with Crippen molar-refractivity contribution in [2.75, 3.05) is 12.3 Å². The van der Waals surface area contributed by atoms with Gasteiger partial charge in [-0.2, -0.15) is 11.8 Å². The summed E-state index contributed by atoms with van der Waals surface area (Å²) in [4.78, 5) is 0. The summed E-state index contributed by atoms with van der Waals surface area (Å²) < 4.78 is 0. The molecular formula is C13H20ClNS. The van der Waals surface area contributed by atoms with Gasteiger partial charge >= 0.3 is 0 Å². The monoisotopic (exact) mass is 257 g/mol. The zero-order valence-electron chi connectivity index (χ0n) is 9.95. The van der Waals surface area contributed by atoms with E-state index in [1.54, 1.807) is 0 Å². The quantitative estimate of drug-likeness (QED) is 0.830. The SMILES string of the molecule is CCC(C)CSC(CN)c1ccccc1Cl. The van der Waals surface area contributed by atoms with Crippen molar-refractivity contribution >= 4 is 23.4 Å². The van der Waals surface area contributed by atoms with E-state index >= 15 is 0 Å². The minimum Gasteiger partial charge on any atom is -0.329 e. The van der Waals surface area contributed by atoms with Crippen molar-refractivity contribution in [3.8, 4) is 0 Å². The predicted octanol–water partition coefficient (Wildman–Crippen LogP) is 4.12. The molecule has 1 rings (SSSR count). The molecule has 0 aliphatic carbocycles. The van der Waals surface area contributed by atoms with Gasteiger partial charge < -0.3 is 5.73 Å². The maximum Gasteiger partial charge on any atom is 0.0449 e.